The minimum atomic E-state index is 0.921. The zero-order valence-corrected chi connectivity index (χ0v) is 17.5. The molecule has 0 saturated carbocycles. The van der Waals surface area contributed by atoms with Crippen molar-refractivity contribution in [3.8, 4) is 17.1 Å². The molecular weight excluding hydrogens is 434 g/mol. The predicted molar refractivity (Wildman–Crippen MR) is 127 cm³/mol. The van der Waals surface area contributed by atoms with Gasteiger partial charge in [0.2, 0.25) is 0 Å². The maximum atomic E-state index is 5.19. The molecule has 0 radical (unpaired) electrons. The standard InChI is InChI=1S/C26H16BrN3/c27-18-12-10-17(11-13-18)26-29-24-22-9-5-4-8-20(22)21-14-15-28-16-23(21)25(24)30(26)19-6-2-1-3-7-19/h1-16H. The van der Waals surface area contributed by atoms with E-state index in [1.165, 1.54) is 10.8 Å². The molecule has 0 spiro atoms. The number of nitrogens with zero attached hydrogens (tertiary/aromatic N) is 3. The van der Waals surface area contributed by atoms with Gasteiger partial charge in [-0.25, -0.2) is 4.98 Å². The van der Waals surface area contributed by atoms with Crippen LogP contribution in [0.2, 0.25) is 0 Å². The van der Waals surface area contributed by atoms with Crippen LogP contribution < -0.4 is 0 Å². The van der Waals surface area contributed by atoms with E-state index in [-0.39, 0.29) is 0 Å². The van der Waals surface area contributed by atoms with E-state index >= 15 is 0 Å². The third-order valence-electron chi connectivity index (χ3n) is 5.54. The Morgan fingerprint density at radius 2 is 1.37 bits per heavy atom. The highest BCUT2D eigenvalue weighted by Crippen LogP contribution is 2.38. The van der Waals surface area contributed by atoms with E-state index in [4.69, 9.17) is 4.98 Å². The van der Waals surface area contributed by atoms with Crippen molar-refractivity contribution in [2.75, 3.05) is 0 Å². The second-order valence-corrected chi connectivity index (χ2v) is 8.19. The van der Waals surface area contributed by atoms with Gasteiger partial charge in [0.15, 0.2) is 0 Å². The highest BCUT2D eigenvalue weighted by atomic mass is 79.9. The van der Waals surface area contributed by atoms with Crippen LogP contribution in [0.15, 0.2) is 102 Å². The second kappa shape index (κ2) is 6.78. The van der Waals surface area contributed by atoms with Gasteiger partial charge in [-0.3, -0.25) is 9.55 Å². The molecule has 0 N–H and O–H groups in total. The molecule has 3 nitrogen and oxygen atoms in total. The molecule has 2 aromatic heterocycles. The normalized spacial score (nSPS) is 11.5. The molecule has 6 aromatic rings. The number of pyridine rings is 1. The van der Waals surface area contributed by atoms with Gasteiger partial charge >= 0.3 is 0 Å². The zero-order chi connectivity index (χ0) is 20.1. The number of halogens is 1. The zero-order valence-electron chi connectivity index (χ0n) is 16.0. The SMILES string of the molecule is Brc1ccc(-c2nc3c4ccccc4c4ccncc4c3n2-c2ccccc2)cc1. The summed E-state index contributed by atoms with van der Waals surface area (Å²) in [7, 11) is 0. The monoisotopic (exact) mass is 449 g/mol. The number of fused-ring (bicyclic) bond motifs is 6. The topological polar surface area (TPSA) is 30.7 Å². The molecular formula is C26H16BrN3. The summed E-state index contributed by atoms with van der Waals surface area (Å²) in [6, 6.07) is 29.3. The Morgan fingerprint density at radius 1 is 0.667 bits per heavy atom. The fourth-order valence-corrected chi connectivity index (χ4v) is 4.48. The first-order chi connectivity index (χ1) is 14.8. The molecule has 0 atom stereocenters. The maximum Gasteiger partial charge on any atom is 0.145 e. The number of imidazole rings is 1. The first-order valence-electron chi connectivity index (χ1n) is 9.79. The highest BCUT2D eigenvalue weighted by molar-refractivity contribution is 9.10. The summed E-state index contributed by atoms with van der Waals surface area (Å²) in [5, 5.41) is 4.64. The lowest BCUT2D eigenvalue weighted by Crippen LogP contribution is -1.98. The molecule has 0 bridgehead atoms. The largest absolute Gasteiger partial charge is 0.292 e. The van der Waals surface area contributed by atoms with Gasteiger partial charge in [0, 0.05) is 38.9 Å². The minimum absolute atomic E-state index is 0.921. The Bertz CT molecular complexity index is 1530. The summed E-state index contributed by atoms with van der Waals surface area (Å²) in [6.45, 7) is 0. The van der Waals surface area contributed by atoms with Crippen LogP contribution in [0.3, 0.4) is 0 Å². The molecule has 30 heavy (non-hydrogen) atoms. The quantitative estimate of drug-likeness (QED) is 0.262. The molecule has 0 fully saturated rings. The van der Waals surface area contributed by atoms with Crippen LogP contribution in [0, 0.1) is 0 Å². The Kier molecular flexibility index (Phi) is 3.93. The van der Waals surface area contributed by atoms with Gasteiger partial charge in [-0.05, 0) is 41.1 Å². The summed E-state index contributed by atoms with van der Waals surface area (Å²) in [6.07, 6.45) is 3.82. The summed E-state index contributed by atoms with van der Waals surface area (Å²) in [4.78, 5) is 9.64. The van der Waals surface area contributed by atoms with Gasteiger partial charge in [0.1, 0.15) is 5.82 Å². The number of hydrogen-bond donors (Lipinski definition) is 0. The third kappa shape index (κ3) is 2.57. The van der Waals surface area contributed by atoms with Crippen molar-refractivity contribution in [2.24, 2.45) is 0 Å². The van der Waals surface area contributed by atoms with Crippen LogP contribution in [0.1, 0.15) is 0 Å². The van der Waals surface area contributed by atoms with Gasteiger partial charge in [-0.2, -0.15) is 0 Å². The summed E-state index contributed by atoms with van der Waals surface area (Å²) in [5.74, 6) is 0.921. The number of aromatic nitrogens is 3. The molecule has 4 heteroatoms. The van der Waals surface area contributed by atoms with Gasteiger partial charge in [-0.1, -0.05) is 70.5 Å². The Labute approximate surface area is 181 Å². The molecule has 2 heterocycles. The van der Waals surface area contributed by atoms with Gasteiger partial charge in [0.05, 0.1) is 11.0 Å². The van der Waals surface area contributed by atoms with Crippen LogP contribution >= 0.6 is 15.9 Å². The van der Waals surface area contributed by atoms with Gasteiger partial charge in [-0.15, -0.1) is 0 Å². The highest BCUT2D eigenvalue weighted by Gasteiger charge is 2.19. The van der Waals surface area contributed by atoms with Crippen molar-refractivity contribution in [3.63, 3.8) is 0 Å². The Balaban J connectivity index is 1.87. The van der Waals surface area contributed by atoms with Gasteiger partial charge in [0.25, 0.3) is 0 Å². The molecule has 0 aliphatic rings. The molecule has 0 unspecified atom stereocenters. The van der Waals surface area contributed by atoms with Crippen LogP contribution in [-0.2, 0) is 0 Å². The van der Waals surface area contributed by atoms with E-state index in [0.29, 0.717) is 0 Å². The van der Waals surface area contributed by atoms with E-state index in [9.17, 15) is 0 Å². The molecule has 0 saturated heterocycles. The first-order valence-corrected chi connectivity index (χ1v) is 10.6. The summed E-state index contributed by atoms with van der Waals surface area (Å²) >= 11 is 3.55. The number of para-hydroxylation sites is 1. The Morgan fingerprint density at radius 3 is 2.17 bits per heavy atom. The van der Waals surface area contributed by atoms with Crippen LogP contribution in [0.4, 0.5) is 0 Å². The maximum absolute atomic E-state index is 5.19. The number of hydrogen-bond acceptors (Lipinski definition) is 2. The third-order valence-corrected chi connectivity index (χ3v) is 6.07. The lowest BCUT2D eigenvalue weighted by molar-refractivity contribution is 1.11. The average Bonchev–Trinajstić information content (AvgIpc) is 3.21. The fourth-order valence-electron chi connectivity index (χ4n) is 4.22. The lowest BCUT2D eigenvalue weighted by Gasteiger charge is -2.12. The van der Waals surface area contributed by atoms with Crippen molar-refractivity contribution >= 4 is 48.5 Å². The minimum Gasteiger partial charge on any atom is -0.292 e. The average molecular weight is 450 g/mol. The molecule has 6 rings (SSSR count). The van der Waals surface area contributed by atoms with Crippen molar-refractivity contribution in [2.45, 2.75) is 0 Å². The number of benzene rings is 4. The van der Waals surface area contributed by atoms with Crippen LogP contribution in [-0.4, -0.2) is 14.5 Å². The molecule has 0 amide bonds. The first kappa shape index (κ1) is 17.4. The van der Waals surface area contributed by atoms with E-state index < -0.39 is 0 Å². The summed E-state index contributed by atoms with van der Waals surface area (Å²) in [5.41, 5.74) is 4.23. The second-order valence-electron chi connectivity index (χ2n) is 7.28. The lowest BCUT2D eigenvalue weighted by atomic mass is 10.0. The molecule has 0 aliphatic carbocycles. The van der Waals surface area contributed by atoms with E-state index in [1.54, 1.807) is 0 Å². The predicted octanol–water partition coefficient (Wildman–Crippen LogP) is 7.16. The smallest absolute Gasteiger partial charge is 0.145 e. The van der Waals surface area contributed by atoms with E-state index in [1.807, 2.05) is 18.5 Å². The van der Waals surface area contributed by atoms with E-state index in [0.717, 1.165) is 43.4 Å². The molecule has 142 valence electrons. The number of rotatable bonds is 2. The van der Waals surface area contributed by atoms with Crippen LogP contribution in [0.25, 0.3) is 49.7 Å². The fraction of sp³-hybridized carbons (Fsp3) is 0. The van der Waals surface area contributed by atoms with Crippen molar-refractivity contribution < 1.29 is 0 Å². The molecule has 0 aliphatic heterocycles. The van der Waals surface area contributed by atoms with Gasteiger partial charge < -0.3 is 0 Å². The molecule has 4 aromatic carbocycles. The van der Waals surface area contributed by atoms with Crippen molar-refractivity contribution in [1.82, 2.24) is 14.5 Å². The van der Waals surface area contributed by atoms with Crippen LogP contribution in [0.5, 0.6) is 0 Å². The van der Waals surface area contributed by atoms with Crippen molar-refractivity contribution in [1.29, 1.82) is 0 Å². The van der Waals surface area contributed by atoms with E-state index in [2.05, 4.69) is 104 Å². The summed E-state index contributed by atoms with van der Waals surface area (Å²) < 4.78 is 3.31. The Hall–Kier alpha value is -3.50. The van der Waals surface area contributed by atoms with Crippen molar-refractivity contribution in [3.05, 3.63) is 102 Å².